The van der Waals surface area contributed by atoms with Crippen LogP contribution >= 0.6 is 0 Å². The van der Waals surface area contributed by atoms with Crippen LogP contribution in [0.3, 0.4) is 0 Å². The van der Waals surface area contributed by atoms with Crippen molar-refractivity contribution in [1.82, 2.24) is 4.98 Å². The van der Waals surface area contributed by atoms with Crippen molar-refractivity contribution in [2.75, 3.05) is 0 Å². The molecule has 0 amide bonds. The number of nitrogens with zero attached hydrogens (tertiary/aromatic N) is 1. The Morgan fingerprint density at radius 2 is 1.93 bits per heavy atom. The summed E-state index contributed by atoms with van der Waals surface area (Å²) in [6.45, 7) is 4.12. The quantitative estimate of drug-likeness (QED) is 0.586. The van der Waals surface area contributed by atoms with Crippen LogP contribution in [-0.2, 0) is 0 Å². The largest absolute Gasteiger partial charge is 0.313 e. The second-order valence-corrected chi connectivity index (χ2v) is 3.58. The highest BCUT2D eigenvalue weighted by Gasteiger charge is 1.97. The Labute approximate surface area is 90.9 Å². The summed E-state index contributed by atoms with van der Waals surface area (Å²) in [7, 11) is 0. The van der Waals surface area contributed by atoms with E-state index in [0.29, 0.717) is 6.42 Å². The number of hydrogen-bond acceptors (Lipinski definition) is 2. The first-order chi connectivity index (χ1) is 7.24. The molecule has 2 nitrogen and oxygen atoms in total. The van der Waals surface area contributed by atoms with Crippen LogP contribution in [-0.4, -0.2) is 11.2 Å². The van der Waals surface area contributed by atoms with E-state index in [1.165, 1.54) is 11.8 Å². The Morgan fingerprint density at radius 1 is 1.27 bits per heavy atom. The molecule has 78 valence electrons. The Bertz CT molecular complexity index is 371. The van der Waals surface area contributed by atoms with Gasteiger partial charge >= 0.3 is 0 Å². The molecular formula is C13H16N2. The lowest BCUT2D eigenvalue weighted by atomic mass is 10.0. The lowest BCUT2D eigenvalue weighted by Crippen LogP contribution is -1.85. The third kappa shape index (κ3) is 3.90. The van der Waals surface area contributed by atoms with Crippen molar-refractivity contribution in [3.05, 3.63) is 47.8 Å². The second-order valence-electron chi connectivity index (χ2n) is 3.58. The molecule has 1 heterocycles. The van der Waals surface area contributed by atoms with Gasteiger partial charge in [-0.2, -0.15) is 0 Å². The zero-order valence-corrected chi connectivity index (χ0v) is 9.20. The van der Waals surface area contributed by atoms with Gasteiger partial charge in [-0.05, 0) is 43.3 Å². The van der Waals surface area contributed by atoms with Crippen molar-refractivity contribution in [2.24, 2.45) is 0 Å². The zero-order valence-electron chi connectivity index (χ0n) is 9.20. The van der Waals surface area contributed by atoms with Gasteiger partial charge in [0.2, 0.25) is 0 Å². The summed E-state index contributed by atoms with van der Waals surface area (Å²) in [6, 6.07) is 3.93. The molecule has 0 radical (unpaired) electrons. The Hall–Kier alpha value is -1.70. The maximum atomic E-state index is 7.17. The zero-order chi connectivity index (χ0) is 11.1. The lowest BCUT2D eigenvalue weighted by molar-refractivity contribution is 1.30. The fourth-order valence-electron chi connectivity index (χ4n) is 1.23. The standard InChI is InChI=1S/C13H16N2/c1-11(2)3-4-12(5-8-14)13-6-9-15-10-7-13/h3-4,6-10,14H,5H2,1-2H3/b12-4+,14-8?. The van der Waals surface area contributed by atoms with Gasteiger partial charge in [0, 0.05) is 18.8 Å². The molecule has 15 heavy (non-hydrogen) atoms. The van der Waals surface area contributed by atoms with Crippen LogP contribution in [0.15, 0.2) is 42.3 Å². The topological polar surface area (TPSA) is 36.7 Å². The summed E-state index contributed by atoms with van der Waals surface area (Å²) in [5, 5.41) is 7.17. The molecule has 0 unspecified atom stereocenters. The Kier molecular flexibility index (Phi) is 4.48. The minimum Gasteiger partial charge on any atom is -0.313 e. The normalized spacial score (nSPS) is 10.9. The minimum atomic E-state index is 0.661. The average molecular weight is 200 g/mol. The summed E-state index contributed by atoms with van der Waals surface area (Å²) < 4.78 is 0. The monoisotopic (exact) mass is 200 g/mol. The molecular weight excluding hydrogens is 184 g/mol. The average Bonchev–Trinajstić information content (AvgIpc) is 2.25. The highest BCUT2D eigenvalue weighted by molar-refractivity contribution is 5.78. The van der Waals surface area contributed by atoms with E-state index >= 15 is 0 Å². The highest BCUT2D eigenvalue weighted by Crippen LogP contribution is 2.16. The molecule has 0 aliphatic heterocycles. The number of nitrogens with one attached hydrogen (secondary N) is 1. The molecule has 0 aliphatic rings. The number of allylic oxidation sites excluding steroid dienone is 4. The SMILES string of the molecule is CC(C)=C/C=C(\CC=N)c1ccncc1. The fraction of sp³-hybridized carbons (Fsp3) is 0.231. The molecule has 0 saturated carbocycles. The predicted octanol–water partition coefficient (Wildman–Crippen LogP) is 3.47. The summed E-state index contributed by atoms with van der Waals surface area (Å²) in [4.78, 5) is 3.98. The van der Waals surface area contributed by atoms with E-state index in [1.54, 1.807) is 12.4 Å². The predicted molar refractivity (Wildman–Crippen MR) is 65.0 cm³/mol. The third-order valence-corrected chi connectivity index (χ3v) is 1.99. The molecule has 0 aromatic carbocycles. The number of pyridine rings is 1. The van der Waals surface area contributed by atoms with Crippen LogP contribution < -0.4 is 0 Å². The molecule has 0 aliphatic carbocycles. The van der Waals surface area contributed by atoms with Crippen LogP contribution in [0.4, 0.5) is 0 Å². The molecule has 1 aromatic rings. The summed E-state index contributed by atoms with van der Waals surface area (Å²) in [6.07, 6.45) is 9.76. The van der Waals surface area contributed by atoms with Crippen molar-refractivity contribution in [3.63, 3.8) is 0 Å². The van der Waals surface area contributed by atoms with Gasteiger partial charge in [-0.25, -0.2) is 0 Å². The van der Waals surface area contributed by atoms with Crippen LogP contribution in [0, 0.1) is 5.41 Å². The molecule has 1 N–H and O–H groups in total. The first-order valence-corrected chi connectivity index (χ1v) is 4.97. The van der Waals surface area contributed by atoms with Crippen molar-refractivity contribution in [2.45, 2.75) is 20.3 Å². The fourth-order valence-corrected chi connectivity index (χ4v) is 1.23. The second kappa shape index (κ2) is 5.91. The molecule has 1 aromatic heterocycles. The van der Waals surface area contributed by atoms with E-state index in [4.69, 9.17) is 5.41 Å². The Balaban J connectivity index is 2.98. The van der Waals surface area contributed by atoms with E-state index in [1.807, 2.05) is 12.1 Å². The Morgan fingerprint density at radius 3 is 2.47 bits per heavy atom. The van der Waals surface area contributed by atoms with Gasteiger partial charge in [0.05, 0.1) is 0 Å². The summed E-state index contributed by atoms with van der Waals surface area (Å²) in [5.74, 6) is 0. The third-order valence-electron chi connectivity index (χ3n) is 1.99. The van der Waals surface area contributed by atoms with Crippen LogP contribution in [0.1, 0.15) is 25.8 Å². The minimum absolute atomic E-state index is 0.661. The van der Waals surface area contributed by atoms with Gasteiger partial charge in [0.25, 0.3) is 0 Å². The number of hydrogen-bond donors (Lipinski definition) is 1. The molecule has 0 fully saturated rings. The summed E-state index contributed by atoms with van der Waals surface area (Å²) >= 11 is 0. The molecule has 0 atom stereocenters. The molecule has 0 bridgehead atoms. The highest BCUT2D eigenvalue weighted by atomic mass is 14.6. The van der Waals surface area contributed by atoms with Gasteiger partial charge in [-0.1, -0.05) is 17.7 Å². The molecule has 2 heteroatoms. The maximum Gasteiger partial charge on any atom is 0.0273 e. The number of aromatic nitrogens is 1. The number of rotatable bonds is 4. The summed E-state index contributed by atoms with van der Waals surface area (Å²) in [5.41, 5.74) is 3.53. The van der Waals surface area contributed by atoms with E-state index in [-0.39, 0.29) is 0 Å². The van der Waals surface area contributed by atoms with E-state index in [9.17, 15) is 0 Å². The molecule has 0 saturated heterocycles. The first kappa shape index (κ1) is 11.4. The van der Waals surface area contributed by atoms with Crippen LogP contribution in [0.2, 0.25) is 0 Å². The van der Waals surface area contributed by atoms with Crippen molar-refractivity contribution in [1.29, 1.82) is 5.41 Å². The maximum absolute atomic E-state index is 7.17. The van der Waals surface area contributed by atoms with Crippen molar-refractivity contribution >= 4 is 11.8 Å². The van der Waals surface area contributed by atoms with E-state index in [0.717, 1.165) is 11.1 Å². The van der Waals surface area contributed by atoms with Gasteiger partial charge < -0.3 is 5.41 Å². The van der Waals surface area contributed by atoms with Gasteiger partial charge in [0.15, 0.2) is 0 Å². The first-order valence-electron chi connectivity index (χ1n) is 4.97. The van der Waals surface area contributed by atoms with Crippen LogP contribution in [0.25, 0.3) is 5.57 Å². The smallest absolute Gasteiger partial charge is 0.0273 e. The van der Waals surface area contributed by atoms with Gasteiger partial charge in [0.1, 0.15) is 0 Å². The molecule has 0 spiro atoms. The van der Waals surface area contributed by atoms with Gasteiger partial charge in [-0.3, -0.25) is 4.98 Å². The van der Waals surface area contributed by atoms with Crippen LogP contribution in [0.5, 0.6) is 0 Å². The lowest BCUT2D eigenvalue weighted by Gasteiger charge is -2.02. The van der Waals surface area contributed by atoms with E-state index < -0.39 is 0 Å². The van der Waals surface area contributed by atoms with E-state index in [2.05, 4.69) is 31.0 Å². The van der Waals surface area contributed by atoms with Gasteiger partial charge in [-0.15, -0.1) is 0 Å². The molecule has 1 rings (SSSR count). The van der Waals surface area contributed by atoms with Crippen molar-refractivity contribution in [3.8, 4) is 0 Å². The van der Waals surface area contributed by atoms with Crippen molar-refractivity contribution < 1.29 is 0 Å².